The van der Waals surface area contributed by atoms with Gasteiger partial charge in [-0.15, -0.1) is 0 Å². The molecule has 0 bridgehead atoms. The van der Waals surface area contributed by atoms with Gasteiger partial charge in [-0.1, -0.05) is 0 Å². The molecule has 1 fully saturated rings. The van der Waals surface area contributed by atoms with Crippen molar-refractivity contribution < 1.29 is 14.3 Å². The number of carbonyl (C=O) groups excluding carboxylic acids is 1. The number of nitrogens with zero attached hydrogens (tertiary/aromatic N) is 2. The van der Waals surface area contributed by atoms with E-state index < -0.39 is 0 Å². The number of furan rings is 1. The molecule has 1 aliphatic heterocycles. The van der Waals surface area contributed by atoms with Gasteiger partial charge in [0.15, 0.2) is 0 Å². The van der Waals surface area contributed by atoms with Crippen molar-refractivity contribution >= 4 is 5.91 Å². The van der Waals surface area contributed by atoms with E-state index in [9.17, 15) is 9.90 Å². The predicted molar refractivity (Wildman–Crippen MR) is 71.5 cm³/mol. The Morgan fingerprint density at radius 3 is 2.84 bits per heavy atom. The molecule has 106 valence electrons. The highest BCUT2D eigenvalue weighted by molar-refractivity contribution is 5.83. The average Bonchev–Trinajstić information content (AvgIpc) is 2.84. The second kappa shape index (κ2) is 5.35. The van der Waals surface area contributed by atoms with Gasteiger partial charge in [-0.2, -0.15) is 0 Å². The first-order valence-electron chi connectivity index (χ1n) is 6.60. The third-order valence-corrected chi connectivity index (χ3v) is 3.90. The number of aliphatic hydroxyl groups excluding tert-OH is 1. The fraction of sp³-hybridized carbons (Fsp3) is 0.643. The number of rotatable bonds is 4. The summed E-state index contributed by atoms with van der Waals surface area (Å²) in [6.07, 6.45) is 2.10. The molecule has 1 aromatic heterocycles. The molecular formula is C14H22N2O3. The van der Waals surface area contributed by atoms with Gasteiger partial charge in [0.25, 0.3) is 0 Å². The number of hydrogen-bond acceptors (Lipinski definition) is 4. The quantitative estimate of drug-likeness (QED) is 0.886. The highest BCUT2D eigenvalue weighted by Crippen LogP contribution is 2.26. The summed E-state index contributed by atoms with van der Waals surface area (Å²) in [5, 5.41) is 9.18. The van der Waals surface area contributed by atoms with E-state index in [0.29, 0.717) is 13.0 Å². The molecule has 5 nitrogen and oxygen atoms in total. The Morgan fingerprint density at radius 1 is 1.53 bits per heavy atom. The fourth-order valence-electron chi connectivity index (χ4n) is 2.59. The third kappa shape index (κ3) is 2.82. The molecule has 5 heteroatoms. The number of carbonyl (C=O) groups is 1. The van der Waals surface area contributed by atoms with Gasteiger partial charge < -0.3 is 14.4 Å². The maximum Gasteiger partial charge on any atom is 0.240 e. The fourth-order valence-corrected chi connectivity index (χ4v) is 2.59. The zero-order valence-electron chi connectivity index (χ0n) is 11.8. The summed E-state index contributed by atoms with van der Waals surface area (Å²) in [7, 11) is 1.83. The van der Waals surface area contributed by atoms with Crippen LogP contribution in [0.15, 0.2) is 22.8 Å². The van der Waals surface area contributed by atoms with Crippen LogP contribution in [0.4, 0.5) is 0 Å². The summed E-state index contributed by atoms with van der Waals surface area (Å²) in [6, 6.07) is 3.48. The predicted octanol–water partition coefficient (Wildman–Crippen LogP) is 1.08. The molecule has 0 radical (unpaired) electrons. The van der Waals surface area contributed by atoms with Crippen LogP contribution in [0.1, 0.15) is 26.0 Å². The molecule has 1 aliphatic rings. The monoisotopic (exact) mass is 266 g/mol. The summed E-state index contributed by atoms with van der Waals surface area (Å²) in [4.78, 5) is 16.3. The minimum Gasteiger partial charge on any atom is -0.468 e. The van der Waals surface area contributed by atoms with Gasteiger partial charge in [0.05, 0.1) is 18.8 Å². The molecule has 0 saturated carbocycles. The van der Waals surface area contributed by atoms with Gasteiger partial charge in [0.1, 0.15) is 5.76 Å². The Balaban J connectivity index is 2.19. The maximum atomic E-state index is 12.4. The van der Waals surface area contributed by atoms with Crippen molar-refractivity contribution in [1.29, 1.82) is 0 Å². The highest BCUT2D eigenvalue weighted by Gasteiger charge is 2.42. The van der Waals surface area contributed by atoms with E-state index >= 15 is 0 Å². The summed E-state index contributed by atoms with van der Waals surface area (Å²) in [5.41, 5.74) is -0.213. The van der Waals surface area contributed by atoms with Crippen molar-refractivity contribution in [1.82, 2.24) is 9.80 Å². The van der Waals surface area contributed by atoms with E-state index in [1.54, 1.807) is 11.2 Å². The molecule has 0 aromatic carbocycles. The number of piperazine rings is 1. The molecule has 1 saturated heterocycles. The van der Waals surface area contributed by atoms with E-state index in [2.05, 4.69) is 18.7 Å². The first kappa shape index (κ1) is 14.1. The van der Waals surface area contributed by atoms with E-state index in [1.807, 2.05) is 19.2 Å². The van der Waals surface area contributed by atoms with Crippen molar-refractivity contribution in [2.75, 3.05) is 20.2 Å². The van der Waals surface area contributed by atoms with E-state index in [0.717, 1.165) is 12.3 Å². The summed E-state index contributed by atoms with van der Waals surface area (Å²) < 4.78 is 5.36. The number of aliphatic hydroxyl groups is 1. The molecule has 19 heavy (non-hydrogen) atoms. The van der Waals surface area contributed by atoms with Crippen molar-refractivity contribution in [2.24, 2.45) is 0 Å². The normalized spacial score (nSPS) is 23.9. The van der Waals surface area contributed by atoms with Crippen LogP contribution in [0.25, 0.3) is 0 Å². The Morgan fingerprint density at radius 2 is 2.26 bits per heavy atom. The van der Waals surface area contributed by atoms with Gasteiger partial charge >= 0.3 is 0 Å². The lowest BCUT2D eigenvalue weighted by Crippen LogP contribution is -2.64. The van der Waals surface area contributed by atoms with Crippen LogP contribution < -0.4 is 0 Å². The Kier molecular flexibility index (Phi) is 3.96. The number of hydrogen-bond donors (Lipinski definition) is 1. The topological polar surface area (TPSA) is 56.9 Å². The SMILES string of the molecule is CN1C(=O)C(CCO)N(Cc2ccco2)CC1(C)C. The van der Waals surface area contributed by atoms with Gasteiger partial charge in [0, 0.05) is 25.7 Å². The molecule has 1 unspecified atom stereocenters. The summed E-state index contributed by atoms with van der Waals surface area (Å²) in [5.74, 6) is 0.910. The second-order valence-corrected chi connectivity index (χ2v) is 5.72. The summed E-state index contributed by atoms with van der Waals surface area (Å²) in [6.45, 7) is 5.48. The zero-order valence-corrected chi connectivity index (χ0v) is 11.8. The largest absolute Gasteiger partial charge is 0.468 e. The van der Waals surface area contributed by atoms with Crippen LogP contribution in [-0.2, 0) is 11.3 Å². The lowest BCUT2D eigenvalue weighted by molar-refractivity contribution is -0.150. The summed E-state index contributed by atoms with van der Waals surface area (Å²) >= 11 is 0. The van der Waals surface area contributed by atoms with Gasteiger partial charge in [0.2, 0.25) is 5.91 Å². The van der Waals surface area contributed by atoms with Crippen LogP contribution in [0.5, 0.6) is 0 Å². The van der Waals surface area contributed by atoms with Crippen molar-refractivity contribution in [3.05, 3.63) is 24.2 Å². The van der Waals surface area contributed by atoms with Crippen LogP contribution in [0.2, 0.25) is 0 Å². The third-order valence-electron chi connectivity index (χ3n) is 3.90. The molecule has 2 rings (SSSR count). The smallest absolute Gasteiger partial charge is 0.240 e. The van der Waals surface area contributed by atoms with Crippen molar-refractivity contribution in [3.63, 3.8) is 0 Å². The lowest BCUT2D eigenvalue weighted by Gasteiger charge is -2.48. The number of likely N-dealkylation sites (N-methyl/N-ethyl adjacent to an activating group) is 1. The molecule has 1 amide bonds. The van der Waals surface area contributed by atoms with E-state index in [-0.39, 0.29) is 24.1 Å². The van der Waals surface area contributed by atoms with E-state index in [1.165, 1.54) is 0 Å². The molecular weight excluding hydrogens is 244 g/mol. The second-order valence-electron chi connectivity index (χ2n) is 5.72. The van der Waals surface area contributed by atoms with Gasteiger partial charge in [-0.25, -0.2) is 0 Å². The molecule has 0 spiro atoms. The first-order chi connectivity index (χ1) is 8.95. The van der Waals surface area contributed by atoms with Crippen molar-refractivity contribution in [3.8, 4) is 0 Å². The average molecular weight is 266 g/mol. The first-order valence-corrected chi connectivity index (χ1v) is 6.60. The highest BCUT2D eigenvalue weighted by atomic mass is 16.3. The van der Waals surface area contributed by atoms with E-state index in [4.69, 9.17) is 4.42 Å². The molecule has 0 aliphatic carbocycles. The Labute approximate surface area is 113 Å². The van der Waals surface area contributed by atoms with Crippen LogP contribution in [0, 0.1) is 0 Å². The maximum absolute atomic E-state index is 12.4. The standard InChI is InChI=1S/C14H22N2O3/c1-14(2)10-16(9-11-5-4-8-19-11)12(6-7-17)13(18)15(14)3/h4-5,8,12,17H,6-7,9-10H2,1-3H3. The molecule has 1 aromatic rings. The zero-order chi connectivity index (χ0) is 14.0. The molecule has 2 heterocycles. The molecule has 1 atom stereocenters. The lowest BCUT2D eigenvalue weighted by atomic mass is 9.94. The van der Waals surface area contributed by atoms with Crippen LogP contribution >= 0.6 is 0 Å². The molecule has 1 N–H and O–H groups in total. The minimum atomic E-state index is -0.270. The van der Waals surface area contributed by atoms with Crippen LogP contribution in [0.3, 0.4) is 0 Å². The minimum absolute atomic E-state index is 0.0132. The van der Waals surface area contributed by atoms with Crippen molar-refractivity contribution in [2.45, 2.75) is 38.4 Å². The van der Waals surface area contributed by atoms with Crippen LogP contribution in [-0.4, -0.2) is 52.6 Å². The number of amides is 1. The van der Waals surface area contributed by atoms with Gasteiger partial charge in [-0.3, -0.25) is 9.69 Å². The Hall–Kier alpha value is -1.33. The Bertz CT molecular complexity index is 428. The van der Waals surface area contributed by atoms with Gasteiger partial charge in [-0.05, 0) is 32.4 Å².